The SMILES string of the molecule is CCOc1cccc(-c2ccc(C#N)cc2)c1. The third-order valence-corrected chi connectivity index (χ3v) is 2.49. The van der Waals surface area contributed by atoms with Crippen molar-refractivity contribution in [1.82, 2.24) is 0 Å². The molecule has 0 fully saturated rings. The second-order valence-electron chi connectivity index (χ2n) is 3.65. The van der Waals surface area contributed by atoms with Crippen molar-refractivity contribution in [1.29, 1.82) is 5.26 Å². The maximum Gasteiger partial charge on any atom is 0.119 e. The van der Waals surface area contributed by atoms with E-state index in [1.165, 1.54) is 0 Å². The Morgan fingerprint density at radius 2 is 1.82 bits per heavy atom. The van der Waals surface area contributed by atoms with Crippen LogP contribution in [0.1, 0.15) is 12.5 Å². The molecule has 0 spiro atoms. The lowest BCUT2D eigenvalue weighted by atomic mass is 10.0. The highest BCUT2D eigenvalue weighted by Gasteiger charge is 2.00. The molecule has 0 aliphatic heterocycles. The molecule has 0 atom stereocenters. The van der Waals surface area contributed by atoms with Gasteiger partial charge in [0.05, 0.1) is 18.2 Å². The molecule has 17 heavy (non-hydrogen) atoms. The van der Waals surface area contributed by atoms with Crippen LogP contribution in [0.4, 0.5) is 0 Å². The monoisotopic (exact) mass is 223 g/mol. The van der Waals surface area contributed by atoms with Crippen molar-refractivity contribution in [3.8, 4) is 22.9 Å². The number of nitrogens with zero attached hydrogens (tertiary/aromatic N) is 1. The van der Waals surface area contributed by atoms with Crippen molar-refractivity contribution in [2.75, 3.05) is 6.61 Å². The Balaban J connectivity index is 2.32. The third kappa shape index (κ3) is 2.64. The molecule has 0 saturated heterocycles. The van der Waals surface area contributed by atoms with Gasteiger partial charge in [0.15, 0.2) is 0 Å². The van der Waals surface area contributed by atoms with E-state index < -0.39 is 0 Å². The van der Waals surface area contributed by atoms with E-state index >= 15 is 0 Å². The van der Waals surface area contributed by atoms with Crippen LogP contribution in [0.5, 0.6) is 5.75 Å². The molecule has 0 aliphatic rings. The zero-order chi connectivity index (χ0) is 12.1. The van der Waals surface area contributed by atoms with Gasteiger partial charge in [-0.15, -0.1) is 0 Å². The molecule has 2 heteroatoms. The van der Waals surface area contributed by atoms with E-state index in [1.807, 2.05) is 55.5 Å². The Kier molecular flexibility index (Phi) is 3.42. The second kappa shape index (κ2) is 5.18. The molecule has 0 bridgehead atoms. The van der Waals surface area contributed by atoms with E-state index in [1.54, 1.807) is 0 Å². The van der Waals surface area contributed by atoms with Crippen molar-refractivity contribution >= 4 is 0 Å². The molecule has 0 unspecified atom stereocenters. The number of ether oxygens (including phenoxy) is 1. The quantitative estimate of drug-likeness (QED) is 0.796. The Labute approximate surface area is 101 Å². The Bertz CT molecular complexity index is 538. The van der Waals surface area contributed by atoms with Crippen LogP contribution in [0.2, 0.25) is 0 Å². The fourth-order valence-electron chi connectivity index (χ4n) is 1.67. The molecule has 2 aromatic rings. The molecule has 0 N–H and O–H groups in total. The molecule has 0 amide bonds. The predicted octanol–water partition coefficient (Wildman–Crippen LogP) is 3.62. The second-order valence-corrected chi connectivity index (χ2v) is 3.65. The van der Waals surface area contributed by atoms with Gasteiger partial charge in [-0.2, -0.15) is 5.26 Å². The van der Waals surface area contributed by atoms with Crippen molar-refractivity contribution in [3.63, 3.8) is 0 Å². The Morgan fingerprint density at radius 3 is 2.47 bits per heavy atom. The maximum absolute atomic E-state index is 8.74. The number of benzene rings is 2. The third-order valence-electron chi connectivity index (χ3n) is 2.49. The summed E-state index contributed by atoms with van der Waals surface area (Å²) in [6, 6.07) is 17.6. The average Bonchev–Trinajstić information content (AvgIpc) is 2.40. The fourth-order valence-corrected chi connectivity index (χ4v) is 1.67. The van der Waals surface area contributed by atoms with Gasteiger partial charge in [0, 0.05) is 0 Å². The first-order chi connectivity index (χ1) is 8.33. The highest BCUT2D eigenvalue weighted by molar-refractivity contribution is 5.65. The van der Waals surface area contributed by atoms with Crippen LogP contribution in [0, 0.1) is 11.3 Å². The van der Waals surface area contributed by atoms with E-state index in [9.17, 15) is 0 Å². The largest absolute Gasteiger partial charge is 0.494 e. The molecule has 0 saturated carbocycles. The van der Waals surface area contributed by atoms with Crippen LogP contribution in [-0.4, -0.2) is 6.61 Å². The molecule has 0 heterocycles. The summed E-state index contributed by atoms with van der Waals surface area (Å²) in [6.07, 6.45) is 0. The van der Waals surface area contributed by atoms with E-state index in [0.29, 0.717) is 12.2 Å². The molecular weight excluding hydrogens is 210 g/mol. The maximum atomic E-state index is 8.74. The van der Waals surface area contributed by atoms with E-state index in [4.69, 9.17) is 10.00 Å². The first-order valence-corrected chi connectivity index (χ1v) is 5.57. The molecule has 2 nitrogen and oxygen atoms in total. The van der Waals surface area contributed by atoms with Gasteiger partial charge in [0.1, 0.15) is 5.75 Å². The first kappa shape index (κ1) is 11.2. The summed E-state index contributed by atoms with van der Waals surface area (Å²) in [7, 11) is 0. The summed E-state index contributed by atoms with van der Waals surface area (Å²) < 4.78 is 5.46. The molecule has 0 radical (unpaired) electrons. The predicted molar refractivity (Wildman–Crippen MR) is 67.8 cm³/mol. The molecule has 2 aromatic carbocycles. The minimum absolute atomic E-state index is 0.664. The summed E-state index contributed by atoms with van der Waals surface area (Å²) in [4.78, 5) is 0. The normalized spacial score (nSPS) is 9.65. The zero-order valence-electron chi connectivity index (χ0n) is 9.68. The number of hydrogen-bond donors (Lipinski definition) is 0. The van der Waals surface area contributed by atoms with Gasteiger partial charge in [-0.1, -0.05) is 24.3 Å². The molecule has 0 aromatic heterocycles. The van der Waals surface area contributed by atoms with Crippen LogP contribution in [-0.2, 0) is 0 Å². The topological polar surface area (TPSA) is 33.0 Å². The number of nitriles is 1. The van der Waals surface area contributed by atoms with Gasteiger partial charge >= 0.3 is 0 Å². The van der Waals surface area contributed by atoms with Crippen molar-refractivity contribution in [2.45, 2.75) is 6.92 Å². The lowest BCUT2D eigenvalue weighted by molar-refractivity contribution is 0.340. The highest BCUT2D eigenvalue weighted by atomic mass is 16.5. The van der Waals surface area contributed by atoms with E-state index in [2.05, 4.69) is 6.07 Å². The smallest absolute Gasteiger partial charge is 0.119 e. The average molecular weight is 223 g/mol. The van der Waals surface area contributed by atoms with Crippen LogP contribution >= 0.6 is 0 Å². The van der Waals surface area contributed by atoms with Gasteiger partial charge in [0.2, 0.25) is 0 Å². The summed E-state index contributed by atoms with van der Waals surface area (Å²) >= 11 is 0. The molecule has 0 aliphatic carbocycles. The minimum atomic E-state index is 0.664. The number of rotatable bonds is 3. The summed E-state index contributed by atoms with van der Waals surface area (Å²) in [5, 5.41) is 8.74. The van der Waals surface area contributed by atoms with Crippen LogP contribution in [0.25, 0.3) is 11.1 Å². The Morgan fingerprint density at radius 1 is 1.06 bits per heavy atom. The van der Waals surface area contributed by atoms with Gasteiger partial charge in [-0.3, -0.25) is 0 Å². The van der Waals surface area contributed by atoms with Crippen molar-refractivity contribution in [3.05, 3.63) is 54.1 Å². The van der Waals surface area contributed by atoms with Gasteiger partial charge in [0.25, 0.3) is 0 Å². The van der Waals surface area contributed by atoms with Crippen molar-refractivity contribution < 1.29 is 4.74 Å². The van der Waals surface area contributed by atoms with E-state index in [0.717, 1.165) is 16.9 Å². The van der Waals surface area contributed by atoms with Crippen LogP contribution in [0.3, 0.4) is 0 Å². The molecule has 2 rings (SSSR count). The lowest BCUT2D eigenvalue weighted by Gasteiger charge is -2.06. The summed E-state index contributed by atoms with van der Waals surface area (Å²) in [6.45, 7) is 2.63. The summed E-state index contributed by atoms with van der Waals surface area (Å²) in [5.41, 5.74) is 2.86. The highest BCUT2D eigenvalue weighted by Crippen LogP contribution is 2.24. The minimum Gasteiger partial charge on any atom is -0.494 e. The lowest BCUT2D eigenvalue weighted by Crippen LogP contribution is -1.91. The fraction of sp³-hybridized carbons (Fsp3) is 0.133. The van der Waals surface area contributed by atoms with Crippen LogP contribution in [0.15, 0.2) is 48.5 Å². The van der Waals surface area contributed by atoms with Crippen molar-refractivity contribution in [2.24, 2.45) is 0 Å². The molecule has 84 valence electrons. The standard InChI is InChI=1S/C15H13NO/c1-2-17-15-5-3-4-14(10-15)13-8-6-12(11-16)7-9-13/h3-10H,2H2,1H3. The van der Waals surface area contributed by atoms with E-state index in [-0.39, 0.29) is 0 Å². The zero-order valence-corrected chi connectivity index (χ0v) is 9.68. The van der Waals surface area contributed by atoms with Gasteiger partial charge in [-0.25, -0.2) is 0 Å². The molecular formula is C15H13NO. The van der Waals surface area contributed by atoms with Gasteiger partial charge < -0.3 is 4.74 Å². The first-order valence-electron chi connectivity index (χ1n) is 5.57. The number of hydrogen-bond acceptors (Lipinski definition) is 2. The Hall–Kier alpha value is -2.27. The van der Waals surface area contributed by atoms with Gasteiger partial charge in [-0.05, 0) is 42.3 Å². The summed E-state index contributed by atoms with van der Waals surface area (Å²) in [5.74, 6) is 0.870. The van der Waals surface area contributed by atoms with Crippen LogP contribution < -0.4 is 4.74 Å².